The fourth-order valence-corrected chi connectivity index (χ4v) is 3.15. The van der Waals surface area contributed by atoms with Crippen molar-refractivity contribution in [1.29, 1.82) is 0 Å². The number of benzene rings is 1. The van der Waals surface area contributed by atoms with Crippen LogP contribution in [-0.4, -0.2) is 14.7 Å². The first-order valence-corrected chi connectivity index (χ1v) is 6.96. The highest BCUT2D eigenvalue weighted by Crippen LogP contribution is 2.32. The quantitative estimate of drug-likeness (QED) is 0.798. The molecule has 0 saturated heterocycles. The highest BCUT2D eigenvalue weighted by atomic mass is 79.9. The maximum Gasteiger partial charge on any atom is 0.175 e. The Balaban J connectivity index is 3.66. The van der Waals surface area contributed by atoms with Gasteiger partial charge in [0.2, 0.25) is 0 Å². The van der Waals surface area contributed by atoms with Crippen LogP contribution in [0, 0.1) is 13.8 Å². The van der Waals surface area contributed by atoms with E-state index in [0.717, 1.165) is 5.56 Å². The monoisotopic (exact) mass is 296 g/mol. The molecule has 0 atom stereocenters. The summed E-state index contributed by atoms with van der Waals surface area (Å²) >= 11 is 9.27. The maximum atomic E-state index is 11.4. The molecule has 0 radical (unpaired) electrons. The summed E-state index contributed by atoms with van der Waals surface area (Å²) < 4.78 is 23.5. The van der Waals surface area contributed by atoms with Crippen molar-refractivity contribution in [3.63, 3.8) is 0 Å². The molecule has 0 bridgehead atoms. The molecule has 0 aromatic heterocycles. The van der Waals surface area contributed by atoms with Gasteiger partial charge in [0, 0.05) is 15.8 Å². The first kappa shape index (κ1) is 12.0. The lowest BCUT2D eigenvalue weighted by Gasteiger charge is -2.10. The fourth-order valence-electron chi connectivity index (χ4n) is 1.21. The molecule has 0 fully saturated rings. The Morgan fingerprint density at radius 2 is 1.79 bits per heavy atom. The Kier molecular flexibility index (Phi) is 3.29. The van der Waals surface area contributed by atoms with Gasteiger partial charge in [-0.3, -0.25) is 0 Å². The minimum Gasteiger partial charge on any atom is -0.224 e. The van der Waals surface area contributed by atoms with Crippen molar-refractivity contribution in [1.82, 2.24) is 0 Å². The van der Waals surface area contributed by atoms with Gasteiger partial charge in [-0.05, 0) is 31.0 Å². The van der Waals surface area contributed by atoms with E-state index in [9.17, 15) is 8.42 Å². The Labute approximate surface area is 97.3 Å². The largest absolute Gasteiger partial charge is 0.224 e. The van der Waals surface area contributed by atoms with Crippen molar-refractivity contribution in [3.05, 3.63) is 26.7 Å². The van der Waals surface area contributed by atoms with Gasteiger partial charge in [0.25, 0.3) is 0 Å². The highest BCUT2D eigenvalue weighted by Gasteiger charge is 2.16. The normalized spacial score (nSPS) is 11.8. The molecule has 1 aromatic carbocycles. The average Bonchev–Trinajstić information content (AvgIpc) is 2.06. The van der Waals surface area contributed by atoms with Gasteiger partial charge < -0.3 is 0 Å². The Morgan fingerprint density at radius 1 is 1.29 bits per heavy atom. The first-order chi connectivity index (χ1) is 6.25. The smallest absolute Gasteiger partial charge is 0.175 e. The van der Waals surface area contributed by atoms with E-state index < -0.39 is 9.84 Å². The summed E-state index contributed by atoms with van der Waals surface area (Å²) in [4.78, 5) is 0.278. The zero-order valence-corrected chi connectivity index (χ0v) is 11.2. The van der Waals surface area contributed by atoms with E-state index in [1.165, 1.54) is 6.26 Å². The van der Waals surface area contributed by atoms with Crippen molar-refractivity contribution in [2.24, 2.45) is 0 Å². The van der Waals surface area contributed by atoms with Gasteiger partial charge in [-0.2, -0.15) is 0 Å². The van der Waals surface area contributed by atoms with Gasteiger partial charge in [0.05, 0.1) is 4.90 Å². The second-order valence-corrected chi connectivity index (χ2v) is 6.41. The third-order valence-corrected chi connectivity index (χ3v) is 4.66. The van der Waals surface area contributed by atoms with Crippen LogP contribution in [0.1, 0.15) is 11.1 Å². The van der Waals surface area contributed by atoms with Gasteiger partial charge in [-0.25, -0.2) is 8.42 Å². The van der Waals surface area contributed by atoms with E-state index in [4.69, 9.17) is 11.6 Å². The van der Waals surface area contributed by atoms with Gasteiger partial charge in [-0.1, -0.05) is 27.5 Å². The van der Waals surface area contributed by atoms with Gasteiger partial charge in [-0.15, -0.1) is 0 Å². The number of rotatable bonds is 1. The molecule has 0 N–H and O–H groups in total. The summed E-state index contributed by atoms with van der Waals surface area (Å²) in [7, 11) is -3.21. The number of hydrogen-bond donors (Lipinski definition) is 0. The van der Waals surface area contributed by atoms with Crippen LogP contribution in [0.15, 0.2) is 15.4 Å². The van der Waals surface area contributed by atoms with E-state index in [1.807, 2.05) is 6.92 Å². The standard InChI is InChI=1S/C9H10BrClO2S/c1-5-7(10)4-8(14(3,12)13)6(2)9(5)11/h4H,1-3H3. The van der Waals surface area contributed by atoms with E-state index in [-0.39, 0.29) is 4.90 Å². The van der Waals surface area contributed by atoms with Crippen molar-refractivity contribution in [3.8, 4) is 0 Å². The predicted octanol–water partition coefficient (Wildman–Crippen LogP) is 3.12. The molecule has 0 aliphatic carbocycles. The second kappa shape index (κ2) is 3.83. The second-order valence-electron chi connectivity index (χ2n) is 3.19. The maximum absolute atomic E-state index is 11.4. The number of sulfone groups is 1. The molecule has 14 heavy (non-hydrogen) atoms. The lowest BCUT2D eigenvalue weighted by Crippen LogP contribution is -2.01. The number of halogens is 2. The fraction of sp³-hybridized carbons (Fsp3) is 0.333. The highest BCUT2D eigenvalue weighted by molar-refractivity contribution is 9.10. The molecule has 0 saturated carbocycles. The van der Waals surface area contributed by atoms with Crippen LogP contribution in [-0.2, 0) is 9.84 Å². The van der Waals surface area contributed by atoms with Crippen LogP contribution < -0.4 is 0 Å². The summed E-state index contributed by atoms with van der Waals surface area (Å²) in [5.41, 5.74) is 1.46. The van der Waals surface area contributed by atoms with E-state index in [1.54, 1.807) is 13.0 Å². The van der Waals surface area contributed by atoms with E-state index in [2.05, 4.69) is 15.9 Å². The Bertz CT molecular complexity index is 480. The molecule has 5 heteroatoms. The summed E-state index contributed by atoms with van der Waals surface area (Å²) in [6.07, 6.45) is 1.17. The van der Waals surface area contributed by atoms with Crippen molar-refractivity contribution in [2.75, 3.05) is 6.26 Å². The third kappa shape index (κ3) is 2.12. The van der Waals surface area contributed by atoms with Crippen molar-refractivity contribution >= 4 is 37.4 Å². The zero-order chi connectivity index (χ0) is 11.1. The van der Waals surface area contributed by atoms with Crippen molar-refractivity contribution < 1.29 is 8.42 Å². The van der Waals surface area contributed by atoms with Crippen molar-refractivity contribution in [2.45, 2.75) is 18.7 Å². The third-order valence-electron chi connectivity index (χ3n) is 2.04. The van der Waals surface area contributed by atoms with Crippen LogP contribution in [0.3, 0.4) is 0 Å². The molecule has 0 amide bonds. The molecule has 0 aliphatic heterocycles. The van der Waals surface area contributed by atoms with Crippen LogP contribution >= 0.6 is 27.5 Å². The molecule has 2 nitrogen and oxygen atoms in total. The molecule has 1 rings (SSSR count). The van der Waals surface area contributed by atoms with Gasteiger partial charge in [0.15, 0.2) is 9.84 Å². The van der Waals surface area contributed by atoms with E-state index >= 15 is 0 Å². The summed E-state index contributed by atoms with van der Waals surface area (Å²) in [5, 5.41) is 0.500. The van der Waals surface area contributed by atoms with Gasteiger partial charge in [0.1, 0.15) is 0 Å². The minimum atomic E-state index is -3.21. The molecule has 0 aliphatic rings. The SMILES string of the molecule is Cc1c(Br)cc(S(C)(=O)=O)c(C)c1Cl. The molecular weight excluding hydrogens is 288 g/mol. The molecule has 1 aromatic rings. The summed E-state index contributed by atoms with van der Waals surface area (Å²) in [6.45, 7) is 3.55. The van der Waals surface area contributed by atoms with Crippen LogP contribution in [0.4, 0.5) is 0 Å². The summed E-state index contributed by atoms with van der Waals surface area (Å²) in [5.74, 6) is 0. The molecular formula is C9H10BrClO2S. The molecule has 0 heterocycles. The molecule has 0 spiro atoms. The first-order valence-electron chi connectivity index (χ1n) is 3.90. The zero-order valence-electron chi connectivity index (χ0n) is 8.06. The molecule has 0 unspecified atom stereocenters. The lowest BCUT2D eigenvalue weighted by atomic mass is 10.1. The molecule has 78 valence electrons. The average molecular weight is 298 g/mol. The topological polar surface area (TPSA) is 34.1 Å². The van der Waals surface area contributed by atoms with Gasteiger partial charge >= 0.3 is 0 Å². The predicted molar refractivity (Wildman–Crippen MR) is 61.7 cm³/mol. The Hall–Kier alpha value is -0.0600. The Morgan fingerprint density at radius 3 is 2.21 bits per heavy atom. The summed E-state index contributed by atoms with van der Waals surface area (Å²) in [6, 6.07) is 1.59. The van der Waals surface area contributed by atoms with Crippen LogP contribution in [0.25, 0.3) is 0 Å². The lowest BCUT2D eigenvalue weighted by molar-refractivity contribution is 0.601. The van der Waals surface area contributed by atoms with E-state index in [0.29, 0.717) is 15.1 Å². The van der Waals surface area contributed by atoms with Crippen LogP contribution in [0.2, 0.25) is 5.02 Å². The minimum absolute atomic E-state index is 0.278. The number of hydrogen-bond acceptors (Lipinski definition) is 2. The van der Waals surface area contributed by atoms with Crippen LogP contribution in [0.5, 0.6) is 0 Å².